The molecule has 1 aliphatic heterocycles. The summed E-state index contributed by atoms with van der Waals surface area (Å²) in [6, 6.07) is 10.4. The molecule has 3 heterocycles. The van der Waals surface area contributed by atoms with Crippen LogP contribution in [0.3, 0.4) is 0 Å². The summed E-state index contributed by atoms with van der Waals surface area (Å²) in [6.07, 6.45) is 6.64. The van der Waals surface area contributed by atoms with Crippen molar-refractivity contribution in [3.63, 3.8) is 0 Å². The first-order valence-corrected chi connectivity index (χ1v) is 10.4. The number of nitrogens with zero attached hydrogens (tertiary/aromatic N) is 2. The molecule has 140 valence electrons. The number of amides is 2. The van der Waals surface area contributed by atoms with Gasteiger partial charge in [-0.25, -0.2) is 4.79 Å². The minimum atomic E-state index is -0.0185. The maximum Gasteiger partial charge on any atom is 0.321 e. The van der Waals surface area contributed by atoms with Gasteiger partial charge in [0, 0.05) is 28.9 Å². The molecule has 3 aromatic rings. The number of carbonyl (C=O) groups excluding carboxylic acids is 1. The maximum absolute atomic E-state index is 12.4. The number of fused-ring (bicyclic) bond motifs is 1. The number of anilines is 1. The fourth-order valence-corrected chi connectivity index (χ4v) is 5.13. The third kappa shape index (κ3) is 3.98. The zero-order valence-electron chi connectivity index (χ0n) is 15.9. The van der Waals surface area contributed by atoms with Crippen LogP contribution >= 0.6 is 11.3 Å². The van der Waals surface area contributed by atoms with E-state index in [-0.39, 0.29) is 6.03 Å². The van der Waals surface area contributed by atoms with Gasteiger partial charge in [-0.2, -0.15) is 0 Å². The Balaban J connectivity index is 1.36. The molecule has 0 spiro atoms. The smallest absolute Gasteiger partial charge is 0.321 e. The molecule has 5 heteroatoms. The van der Waals surface area contributed by atoms with Crippen molar-refractivity contribution in [2.24, 2.45) is 5.92 Å². The van der Waals surface area contributed by atoms with Crippen molar-refractivity contribution in [3.8, 4) is 0 Å². The highest BCUT2D eigenvalue weighted by molar-refractivity contribution is 7.19. The van der Waals surface area contributed by atoms with E-state index in [1.807, 2.05) is 28.4 Å². The molecule has 0 saturated carbocycles. The zero-order chi connectivity index (χ0) is 18.8. The number of hydrogen-bond acceptors (Lipinski definition) is 3. The molecule has 0 aliphatic carbocycles. The van der Waals surface area contributed by atoms with E-state index in [1.54, 1.807) is 12.4 Å². The fourth-order valence-electron chi connectivity index (χ4n) is 3.82. The van der Waals surface area contributed by atoms with Gasteiger partial charge in [0.2, 0.25) is 0 Å². The van der Waals surface area contributed by atoms with Crippen molar-refractivity contribution in [3.05, 3.63) is 58.7 Å². The van der Waals surface area contributed by atoms with Crippen LogP contribution in [0.2, 0.25) is 0 Å². The number of pyridine rings is 1. The Bertz CT molecular complexity index is 943. The number of likely N-dealkylation sites (tertiary alicyclic amines) is 1. The molecular formula is C22H25N3OS. The number of hydrogen-bond donors (Lipinski definition) is 1. The van der Waals surface area contributed by atoms with Gasteiger partial charge in [-0.3, -0.25) is 4.98 Å². The number of piperidine rings is 1. The Labute approximate surface area is 164 Å². The molecule has 1 aromatic carbocycles. The van der Waals surface area contributed by atoms with Crippen LogP contribution < -0.4 is 5.32 Å². The molecule has 4 rings (SSSR count). The monoisotopic (exact) mass is 379 g/mol. The number of aryl methyl sites for hydroxylation is 2. The summed E-state index contributed by atoms with van der Waals surface area (Å²) in [6.45, 7) is 6.05. The normalized spacial score (nSPS) is 15.3. The van der Waals surface area contributed by atoms with E-state index < -0.39 is 0 Å². The highest BCUT2D eigenvalue weighted by Crippen LogP contribution is 2.34. The third-order valence-electron chi connectivity index (χ3n) is 5.48. The van der Waals surface area contributed by atoms with Crippen molar-refractivity contribution in [2.45, 2.75) is 33.1 Å². The van der Waals surface area contributed by atoms with Gasteiger partial charge in [0.1, 0.15) is 0 Å². The highest BCUT2D eigenvalue weighted by Gasteiger charge is 2.24. The Hall–Kier alpha value is -2.40. The van der Waals surface area contributed by atoms with Gasteiger partial charge in [0.05, 0.1) is 11.9 Å². The third-order valence-corrected chi connectivity index (χ3v) is 6.77. The molecule has 0 unspecified atom stereocenters. The van der Waals surface area contributed by atoms with E-state index in [0.717, 1.165) is 38.0 Å². The lowest BCUT2D eigenvalue weighted by molar-refractivity contribution is 0.182. The highest BCUT2D eigenvalue weighted by atomic mass is 32.1. The molecule has 2 amide bonds. The van der Waals surface area contributed by atoms with Crippen molar-refractivity contribution in [1.29, 1.82) is 0 Å². The van der Waals surface area contributed by atoms with Crippen LogP contribution in [0.15, 0.2) is 42.7 Å². The van der Waals surface area contributed by atoms with Crippen molar-refractivity contribution < 1.29 is 4.79 Å². The minimum Gasteiger partial charge on any atom is -0.325 e. The number of rotatable bonds is 3. The first kappa shape index (κ1) is 18.0. The Kier molecular flexibility index (Phi) is 5.12. The quantitative estimate of drug-likeness (QED) is 0.662. The summed E-state index contributed by atoms with van der Waals surface area (Å²) in [5, 5.41) is 4.34. The summed E-state index contributed by atoms with van der Waals surface area (Å²) < 4.78 is 1.39. The standard InChI is InChI=1S/C22H25N3OS/c1-15-5-6-20-19(12-15)16(2)21(27-20)13-17-7-10-25(11-8-17)22(26)24-18-4-3-9-23-14-18/h3-6,9,12,14,17H,7-8,10-11,13H2,1-2H3,(H,24,26). The minimum absolute atomic E-state index is 0.0185. The van der Waals surface area contributed by atoms with E-state index in [0.29, 0.717) is 5.92 Å². The maximum atomic E-state index is 12.4. The van der Waals surface area contributed by atoms with Gasteiger partial charge in [0.25, 0.3) is 0 Å². The van der Waals surface area contributed by atoms with Gasteiger partial charge in [-0.1, -0.05) is 17.7 Å². The largest absolute Gasteiger partial charge is 0.325 e. The summed E-state index contributed by atoms with van der Waals surface area (Å²) in [4.78, 5) is 19.9. The molecule has 2 aromatic heterocycles. The van der Waals surface area contributed by atoms with Gasteiger partial charge in [0.15, 0.2) is 0 Å². The predicted octanol–water partition coefficient (Wildman–Crippen LogP) is 5.40. The van der Waals surface area contributed by atoms with Crippen molar-refractivity contribution in [1.82, 2.24) is 9.88 Å². The number of aromatic nitrogens is 1. The molecule has 1 fully saturated rings. The van der Waals surface area contributed by atoms with E-state index >= 15 is 0 Å². The molecule has 1 N–H and O–H groups in total. The van der Waals surface area contributed by atoms with Gasteiger partial charge in [-0.15, -0.1) is 11.3 Å². The number of carbonyl (C=O) groups is 1. The van der Waals surface area contributed by atoms with Crippen LogP contribution in [0, 0.1) is 19.8 Å². The second-order valence-corrected chi connectivity index (χ2v) is 8.59. The average molecular weight is 380 g/mol. The molecular weight excluding hydrogens is 354 g/mol. The van der Waals surface area contributed by atoms with Crippen LogP contribution in [-0.4, -0.2) is 29.0 Å². The molecule has 1 saturated heterocycles. The number of nitrogens with one attached hydrogen (secondary N) is 1. The fraction of sp³-hybridized carbons (Fsp3) is 0.364. The molecule has 0 bridgehead atoms. The topological polar surface area (TPSA) is 45.2 Å². The second kappa shape index (κ2) is 7.69. The van der Waals surface area contributed by atoms with E-state index in [9.17, 15) is 4.79 Å². The Morgan fingerprint density at radius 3 is 2.81 bits per heavy atom. The van der Waals surface area contributed by atoms with Crippen LogP contribution in [0.25, 0.3) is 10.1 Å². The first-order chi connectivity index (χ1) is 13.1. The Morgan fingerprint density at radius 2 is 2.07 bits per heavy atom. The molecule has 27 heavy (non-hydrogen) atoms. The lowest BCUT2D eigenvalue weighted by atomic mass is 9.92. The summed E-state index contributed by atoms with van der Waals surface area (Å²) in [5.41, 5.74) is 3.51. The first-order valence-electron chi connectivity index (χ1n) is 9.55. The Morgan fingerprint density at radius 1 is 1.26 bits per heavy atom. The van der Waals surface area contributed by atoms with Crippen LogP contribution in [0.4, 0.5) is 10.5 Å². The molecule has 4 nitrogen and oxygen atoms in total. The van der Waals surface area contributed by atoms with Gasteiger partial charge in [-0.05, 0) is 68.2 Å². The van der Waals surface area contributed by atoms with Gasteiger partial charge < -0.3 is 10.2 Å². The number of thiophene rings is 1. The van der Waals surface area contributed by atoms with Crippen LogP contribution in [0.1, 0.15) is 28.8 Å². The van der Waals surface area contributed by atoms with Gasteiger partial charge >= 0.3 is 6.03 Å². The van der Waals surface area contributed by atoms with E-state index in [1.165, 1.54) is 26.1 Å². The summed E-state index contributed by atoms with van der Waals surface area (Å²) in [5.74, 6) is 0.653. The van der Waals surface area contributed by atoms with E-state index in [2.05, 4.69) is 42.3 Å². The number of urea groups is 1. The SMILES string of the molecule is Cc1ccc2sc(CC3CCN(C(=O)Nc4cccnc4)CC3)c(C)c2c1. The lowest BCUT2D eigenvalue weighted by Crippen LogP contribution is -2.41. The van der Waals surface area contributed by atoms with Crippen LogP contribution in [0.5, 0.6) is 0 Å². The van der Waals surface area contributed by atoms with Crippen LogP contribution in [-0.2, 0) is 6.42 Å². The van der Waals surface area contributed by atoms with E-state index in [4.69, 9.17) is 0 Å². The molecule has 1 aliphatic rings. The molecule has 0 radical (unpaired) electrons. The summed E-state index contributed by atoms with van der Waals surface area (Å²) >= 11 is 1.94. The molecule has 0 atom stereocenters. The predicted molar refractivity (Wildman–Crippen MR) is 113 cm³/mol. The van der Waals surface area contributed by atoms with Crippen molar-refractivity contribution in [2.75, 3.05) is 18.4 Å². The number of benzene rings is 1. The van der Waals surface area contributed by atoms with Crippen molar-refractivity contribution >= 4 is 33.1 Å². The lowest BCUT2D eigenvalue weighted by Gasteiger charge is -2.32. The second-order valence-electron chi connectivity index (χ2n) is 7.46. The summed E-state index contributed by atoms with van der Waals surface area (Å²) in [7, 11) is 0. The zero-order valence-corrected chi connectivity index (χ0v) is 16.7. The average Bonchev–Trinajstić information content (AvgIpc) is 2.98.